The summed E-state index contributed by atoms with van der Waals surface area (Å²) in [6.45, 7) is 2.40. The topological polar surface area (TPSA) is 47.9 Å². The Morgan fingerprint density at radius 3 is 2.48 bits per heavy atom. The van der Waals surface area contributed by atoms with Crippen LogP contribution in [0.4, 0.5) is 13.2 Å². The average molecular weight is 345 g/mol. The van der Waals surface area contributed by atoms with Gasteiger partial charge < -0.3 is 4.74 Å². The van der Waals surface area contributed by atoms with Gasteiger partial charge in [0.05, 0.1) is 12.4 Å². The van der Waals surface area contributed by atoms with Gasteiger partial charge in [-0.25, -0.2) is 9.37 Å². The Kier molecular flexibility index (Phi) is 4.39. The Bertz CT molecular complexity index is 893. The molecule has 3 heterocycles. The van der Waals surface area contributed by atoms with Gasteiger partial charge in [-0.1, -0.05) is 0 Å². The van der Waals surface area contributed by atoms with Gasteiger partial charge in [0.15, 0.2) is 0 Å². The van der Waals surface area contributed by atoms with Crippen molar-refractivity contribution in [3.8, 4) is 22.8 Å². The summed E-state index contributed by atoms with van der Waals surface area (Å²) in [4.78, 5) is 11.7. The monoisotopic (exact) mass is 345 g/mol. The first-order chi connectivity index (χ1) is 11.9. The second-order valence-corrected chi connectivity index (χ2v) is 5.52. The van der Waals surface area contributed by atoms with Crippen LogP contribution < -0.4 is 4.74 Å². The molecule has 0 spiro atoms. The molecule has 0 aliphatic carbocycles. The maximum Gasteiger partial charge on any atom is 0.286 e. The first kappa shape index (κ1) is 16.9. The lowest BCUT2D eigenvalue weighted by Crippen LogP contribution is -2.09. The zero-order valence-corrected chi connectivity index (χ0v) is 13.5. The normalized spacial score (nSPS) is 11.4. The molecule has 0 atom stereocenters. The van der Waals surface area contributed by atoms with Crippen molar-refractivity contribution in [1.29, 1.82) is 0 Å². The molecule has 3 aromatic heterocycles. The molecule has 0 unspecified atom stereocenters. The summed E-state index contributed by atoms with van der Waals surface area (Å²) in [6, 6.07) is 5.97. The number of aromatic nitrogens is 3. The largest absolute Gasteiger partial charge is 0.437 e. The molecule has 0 aromatic carbocycles. The van der Waals surface area contributed by atoms with Crippen molar-refractivity contribution in [3.63, 3.8) is 0 Å². The van der Waals surface area contributed by atoms with Crippen LogP contribution in [0.1, 0.15) is 18.2 Å². The molecule has 0 saturated carbocycles. The summed E-state index contributed by atoms with van der Waals surface area (Å²) >= 11 is 0. The Labute approximate surface area is 142 Å². The van der Waals surface area contributed by atoms with E-state index in [4.69, 9.17) is 4.74 Å². The van der Waals surface area contributed by atoms with Crippen LogP contribution in [0.3, 0.4) is 0 Å². The van der Waals surface area contributed by atoms with Crippen LogP contribution in [-0.2, 0) is 5.92 Å². The van der Waals surface area contributed by atoms with Gasteiger partial charge in [-0.05, 0) is 36.8 Å². The van der Waals surface area contributed by atoms with Crippen LogP contribution in [-0.4, -0.2) is 15.0 Å². The summed E-state index contributed by atoms with van der Waals surface area (Å²) in [5.41, 5.74) is 1.13. The summed E-state index contributed by atoms with van der Waals surface area (Å²) in [6.07, 6.45) is 5.36. The van der Waals surface area contributed by atoms with Gasteiger partial charge in [-0.2, -0.15) is 8.78 Å². The third-order valence-electron chi connectivity index (χ3n) is 3.62. The van der Waals surface area contributed by atoms with E-state index in [-0.39, 0.29) is 17.3 Å². The van der Waals surface area contributed by atoms with E-state index in [1.54, 1.807) is 19.1 Å². The van der Waals surface area contributed by atoms with Gasteiger partial charge in [-0.3, -0.25) is 9.97 Å². The zero-order valence-electron chi connectivity index (χ0n) is 13.5. The minimum atomic E-state index is -3.03. The maximum atomic E-state index is 13.8. The highest BCUT2D eigenvalue weighted by atomic mass is 19.3. The molecule has 0 amide bonds. The van der Waals surface area contributed by atoms with Gasteiger partial charge in [0.25, 0.3) is 5.92 Å². The SMILES string of the molecule is Cc1c(F)cncc1-c1cccnc1Oc1ccc(C(C)(F)F)nc1. The molecule has 0 aliphatic rings. The quantitative estimate of drug-likeness (QED) is 0.675. The number of rotatable bonds is 4. The Morgan fingerprint density at radius 1 is 1.00 bits per heavy atom. The molecule has 3 rings (SSSR count). The lowest BCUT2D eigenvalue weighted by molar-refractivity contribution is 0.0127. The highest BCUT2D eigenvalue weighted by Crippen LogP contribution is 2.34. The summed E-state index contributed by atoms with van der Waals surface area (Å²) < 4.78 is 45.9. The predicted octanol–water partition coefficient (Wildman–Crippen LogP) is 4.89. The second kappa shape index (κ2) is 6.51. The molecule has 3 aromatic rings. The molecule has 0 N–H and O–H groups in total. The predicted molar refractivity (Wildman–Crippen MR) is 86.0 cm³/mol. The molecule has 7 heteroatoms. The number of hydrogen-bond acceptors (Lipinski definition) is 4. The van der Waals surface area contributed by atoms with Crippen molar-refractivity contribution in [2.45, 2.75) is 19.8 Å². The van der Waals surface area contributed by atoms with Crippen molar-refractivity contribution >= 4 is 0 Å². The molecule has 0 bridgehead atoms. The number of alkyl halides is 2. The van der Waals surface area contributed by atoms with E-state index in [0.29, 0.717) is 16.7 Å². The zero-order chi connectivity index (χ0) is 18.0. The first-order valence-electron chi connectivity index (χ1n) is 7.44. The molecule has 0 aliphatic heterocycles. The smallest absolute Gasteiger partial charge is 0.286 e. The van der Waals surface area contributed by atoms with Crippen molar-refractivity contribution in [1.82, 2.24) is 15.0 Å². The van der Waals surface area contributed by atoms with Crippen molar-refractivity contribution in [2.75, 3.05) is 0 Å². The van der Waals surface area contributed by atoms with Gasteiger partial charge in [0.2, 0.25) is 5.88 Å². The fourth-order valence-corrected chi connectivity index (χ4v) is 2.26. The third kappa shape index (κ3) is 3.60. The molecule has 0 radical (unpaired) electrons. The number of halogens is 3. The van der Waals surface area contributed by atoms with Crippen LogP contribution in [0.2, 0.25) is 0 Å². The van der Waals surface area contributed by atoms with Gasteiger partial charge in [0.1, 0.15) is 17.3 Å². The van der Waals surface area contributed by atoms with Crippen LogP contribution in [0, 0.1) is 12.7 Å². The lowest BCUT2D eigenvalue weighted by atomic mass is 10.0. The van der Waals surface area contributed by atoms with Crippen LogP contribution >= 0.6 is 0 Å². The standard InChI is InChI=1S/C18H14F3N3O/c1-11-14(9-22-10-15(11)19)13-4-3-7-23-17(13)25-12-5-6-16(24-8-12)18(2,20)21/h3-10H,1-2H3. The average Bonchev–Trinajstić information content (AvgIpc) is 2.58. The van der Waals surface area contributed by atoms with E-state index in [9.17, 15) is 13.2 Å². The van der Waals surface area contributed by atoms with Gasteiger partial charge in [0, 0.05) is 30.4 Å². The summed E-state index contributed by atoms with van der Waals surface area (Å²) in [7, 11) is 0. The lowest BCUT2D eigenvalue weighted by Gasteiger charge is -2.13. The Morgan fingerprint density at radius 2 is 1.80 bits per heavy atom. The number of ether oxygens (including phenoxy) is 1. The summed E-state index contributed by atoms with van der Waals surface area (Å²) in [5.74, 6) is -3.02. The van der Waals surface area contributed by atoms with Crippen molar-refractivity contribution in [2.24, 2.45) is 0 Å². The van der Waals surface area contributed by atoms with E-state index < -0.39 is 11.7 Å². The molecular weight excluding hydrogens is 331 g/mol. The maximum absolute atomic E-state index is 13.8. The van der Waals surface area contributed by atoms with E-state index in [1.165, 1.54) is 30.7 Å². The molecule has 4 nitrogen and oxygen atoms in total. The van der Waals surface area contributed by atoms with E-state index in [2.05, 4.69) is 15.0 Å². The second-order valence-electron chi connectivity index (χ2n) is 5.52. The number of pyridine rings is 3. The fourth-order valence-electron chi connectivity index (χ4n) is 2.26. The third-order valence-corrected chi connectivity index (χ3v) is 3.62. The minimum absolute atomic E-state index is 0.204. The molecule has 128 valence electrons. The Balaban J connectivity index is 1.96. The number of hydrogen-bond donors (Lipinski definition) is 0. The molecular formula is C18H14F3N3O. The highest BCUT2D eigenvalue weighted by Gasteiger charge is 2.25. The summed E-state index contributed by atoms with van der Waals surface area (Å²) in [5, 5.41) is 0. The van der Waals surface area contributed by atoms with Gasteiger partial charge in [-0.15, -0.1) is 0 Å². The highest BCUT2D eigenvalue weighted by molar-refractivity contribution is 5.71. The van der Waals surface area contributed by atoms with Crippen molar-refractivity contribution < 1.29 is 17.9 Å². The van der Waals surface area contributed by atoms with Crippen molar-refractivity contribution in [3.05, 3.63) is 66.1 Å². The first-order valence-corrected chi connectivity index (χ1v) is 7.44. The van der Waals surface area contributed by atoms with E-state index >= 15 is 0 Å². The molecule has 0 saturated heterocycles. The van der Waals surface area contributed by atoms with Gasteiger partial charge >= 0.3 is 0 Å². The minimum Gasteiger partial charge on any atom is -0.437 e. The van der Waals surface area contributed by atoms with Crippen LogP contribution in [0.15, 0.2) is 49.1 Å². The molecule has 25 heavy (non-hydrogen) atoms. The van der Waals surface area contributed by atoms with E-state index in [0.717, 1.165) is 13.1 Å². The van der Waals surface area contributed by atoms with Crippen LogP contribution in [0.25, 0.3) is 11.1 Å². The van der Waals surface area contributed by atoms with E-state index in [1.807, 2.05) is 0 Å². The fraction of sp³-hybridized carbons (Fsp3) is 0.167. The molecule has 0 fully saturated rings. The number of nitrogens with zero attached hydrogens (tertiary/aromatic N) is 3. The Hall–Kier alpha value is -2.96. The van der Waals surface area contributed by atoms with Crippen LogP contribution in [0.5, 0.6) is 11.6 Å².